The van der Waals surface area contributed by atoms with Crippen molar-refractivity contribution in [1.82, 2.24) is 10.2 Å². The van der Waals surface area contributed by atoms with Crippen LogP contribution in [-0.4, -0.2) is 30.1 Å². The summed E-state index contributed by atoms with van der Waals surface area (Å²) in [6.45, 7) is 0. The van der Waals surface area contributed by atoms with E-state index in [1.54, 1.807) is 4.90 Å². The van der Waals surface area contributed by atoms with Gasteiger partial charge in [-0.1, -0.05) is 0 Å². The smallest absolute Gasteiger partial charge is 0.317 e. The van der Waals surface area contributed by atoms with Gasteiger partial charge in [0.15, 0.2) is 0 Å². The van der Waals surface area contributed by atoms with E-state index in [1.165, 1.54) is 12.8 Å². The Balaban J connectivity index is 2.16. The molecule has 0 radical (unpaired) electrons. The number of rotatable bonds is 0. The predicted molar refractivity (Wildman–Crippen MR) is 33.1 cm³/mol. The number of nitrogens with zero attached hydrogens (tertiary/aromatic N) is 1. The highest BCUT2D eigenvalue weighted by molar-refractivity contribution is 5.77. The van der Waals surface area contributed by atoms with Crippen molar-refractivity contribution in [3.05, 3.63) is 0 Å². The third-order valence-corrected chi connectivity index (χ3v) is 2.36. The average molecular weight is 126 g/mol. The van der Waals surface area contributed by atoms with E-state index >= 15 is 0 Å². The van der Waals surface area contributed by atoms with Gasteiger partial charge in [-0.25, -0.2) is 4.79 Å². The summed E-state index contributed by atoms with van der Waals surface area (Å²) in [6.07, 6.45) is 2.35. The number of hydrogen-bond acceptors (Lipinski definition) is 1. The lowest BCUT2D eigenvalue weighted by atomic mass is 9.88. The molecule has 1 N–H and O–H groups in total. The molecular formula is C6H10N2O. The molecule has 0 aromatic heterocycles. The number of fused-ring (bicyclic) bond motifs is 1. The molecule has 2 atom stereocenters. The molecule has 1 saturated carbocycles. The van der Waals surface area contributed by atoms with Crippen LogP contribution in [0.4, 0.5) is 4.79 Å². The van der Waals surface area contributed by atoms with Gasteiger partial charge in [0, 0.05) is 7.05 Å². The molecule has 3 nitrogen and oxygen atoms in total. The minimum atomic E-state index is 0.0995. The van der Waals surface area contributed by atoms with Crippen LogP contribution in [0.5, 0.6) is 0 Å². The average Bonchev–Trinajstić information content (AvgIpc) is 1.92. The first-order valence-electron chi connectivity index (χ1n) is 3.32. The van der Waals surface area contributed by atoms with Crippen molar-refractivity contribution in [1.29, 1.82) is 0 Å². The second-order valence-electron chi connectivity index (χ2n) is 2.81. The molecular weight excluding hydrogens is 116 g/mol. The molecule has 1 aliphatic heterocycles. The Labute approximate surface area is 54.0 Å². The largest absolute Gasteiger partial charge is 0.333 e. The summed E-state index contributed by atoms with van der Waals surface area (Å²) >= 11 is 0. The topological polar surface area (TPSA) is 32.3 Å². The minimum absolute atomic E-state index is 0.0995. The molecule has 0 bridgehead atoms. The molecule has 0 spiro atoms. The van der Waals surface area contributed by atoms with Crippen LogP contribution < -0.4 is 5.32 Å². The number of carbonyl (C=O) groups is 1. The fourth-order valence-corrected chi connectivity index (χ4v) is 1.53. The van der Waals surface area contributed by atoms with Gasteiger partial charge in [-0.3, -0.25) is 0 Å². The molecule has 2 rings (SSSR count). The molecule has 0 aromatic carbocycles. The van der Waals surface area contributed by atoms with Crippen LogP contribution >= 0.6 is 0 Å². The highest BCUT2D eigenvalue weighted by Gasteiger charge is 2.42. The third-order valence-electron chi connectivity index (χ3n) is 2.36. The molecule has 3 heteroatoms. The van der Waals surface area contributed by atoms with Gasteiger partial charge >= 0.3 is 6.03 Å². The zero-order chi connectivity index (χ0) is 6.43. The van der Waals surface area contributed by atoms with Crippen molar-refractivity contribution in [3.63, 3.8) is 0 Å². The van der Waals surface area contributed by atoms with Crippen LogP contribution in [0.25, 0.3) is 0 Å². The number of hydrogen-bond donors (Lipinski definition) is 1. The quantitative estimate of drug-likeness (QED) is 0.493. The fraction of sp³-hybridized carbons (Fsp3) is 0.833. The molecule has 9 heavy (non-hydrogen) atoms. The van der Waals surface area contributed by atoms with Crippen molar-refractivity contribution < 1.29 is 4.79 Å². The molecule has 1 heterocycles. The van der Waals surface area contributed by atoms with Crippen molar-refractivity contribution in [2.24, 2.45) is 0 Å². The molecule has 2 amide bonds. The first kappa shape index (κ1) is 5.09. The third kappa shape index (κ3) is 0.491. The van der Waals surface area contributed by atoms with E-state index < -0.39 is 0 Å². The second-order valence-corrected chi connectivity index (χ2v) is 2.81. The number of urea groups is 1. The van der Waals surface area contributed by atoms with Crippen LogP contribution in [0.1, 0.15) is 12.8 Å². The van der Waals surface area contributed by atoms with E-state index in [2.05, 4.69) is 5.32 Å². The Hall–Kier alpha value is -0.730. The number of likely N-dealkylation sites (N-methyl/N-ethyl adjacent to an activating group) is 1. The van der Waals surface area contributed by atoms with Gasteiger partial charge in [-0.05, 0) is 12.8 Å². The first-order valence-corrected chi connectivity index (χ1v) is 3.32. The standard InChI is InChI=1S/C6H10N2O/c1-8-5-3-2-4(5)7-6(8)9/h4-5H,2-3H2,1H3,(H,7,9)/t4-,5+/m1/s1. The first-order chi connectivity index (χ1) is 4.29. The predicted octanol–water partition coefficient (Wildman–Crippen LogP) is 0.172. The van der Waals surface area contributed by atoms with Gasteiger partial charge in [0.05, 0.1) is 12.1 Å². The summed E-state index contributed by atoms with van der Waals surface area (Å²) in [4.78, 5) is 12.6. The van der Waals surface area contributed by atoms with E-state index in [0.717, 1.165) is 0 Å². The van der Waals surface area contributed by atoms with Crippen LogP contribution in [0.2, 0.25) is 0 Å². The lowest BCUT2D eigenvalue weighted by Gasteiger charge is -2.31. The molecule has 1 aliphatic carbocycles. The van der Waals surface area contributed by atoms with Crippen LogP contribution in [0.15, 0.2) is 0 Å². The number of nitrogens with one attached hydrogen (secondary N) is 1. The van der Waals surface area contributed by atoms with Crippen molar-refractivity contribution in [3.8, 4) is 0 Å². The Bertz CT molecular complexity index is 157. The highest BCUT2D eigenvalue weighted by Crippen LogP contribution is 2.29. The molecule has 1 saturated heterocycles. The fourth-order valence-electron chi connectivity index (χ4n) is 1.53. The Morgan fingerprint density at radius 3 is 2.67 bits per heavy atom. The Kier molecular flexibility index (Phi) is 0.793. The Morgan fingerprint density at radius 2 is 2.44 bits per heavy atom. The van der Waals surface area contributed by atoms with Crippen LogP contribution in [-0.2, 0) is 0 Å². The zero-order valence-corrected chi connectivity index (χ0v) is 5.42. The van der Waals surface area contributed by atoms with Gasteiger partial charge < -0.3 is 10.2 Å². The summed E-state index contributed by atoms with van der Waals surface area (Å²) < 4.78 is 0. The van der Waals surface area contributed by atoms with Crippen molar-refractivity contribution in [2.45, 2.75) is 24.9 Å². The van der Waals surface area contributed by atoms with Gasteiger partial charge in [-0.15, -0.1) is 0 Å². The van der Waals surface area contributed by atoms with Gasteiger partial charge in [-0.2, -0.15) is 0 Å². The molecule has 2 fully saturated rings. The number of amides is 2. The van der Waals surface area contributed by atoms with E-state index in [1.807, 2.05) is 7.05 Å². The molecule has 0 aromatic rings. The summed E-state index contributed by atoms with van der Waals surface area (Å²) in [7, 11) is 1.86. The summed E-state index contributed by atoms with van der Waals surface area (Å²) in [6, 6.07) is 1.09. The summed E-state index contributed by atoms with van der Waals surface area (Å²) in [5.41, 5.74) is 0. The minimum Gasteiger partial charge on any atom is -0.333 e. The monoisotopic (exact) mass is 126 g/mol. The van der Waals surface area contributed by atoms with Crippen LogP contribution in [0.3, 0.4) is 0 Å². The van der Waals surface area contributed by atoms with Crippen LogP contribution in [0, 0.1) is 0 Å². The maximum atomic E-state index is 10.8. The molecule has 50 valence electrons. The molecule has 2 aliphatic rings. The van der Waals surface area contributed by atoms with Gasteiger partial charge in [0.1, 0.15) is 0 Å². The van der Waals surface area contributed by atoms with Gasteiger partial charge in [0.25, 0.3) is 0 Å². The Morgan fingerprint density at radius 1 is 1.67 bits per heavy atom. The lowest BCUT2D eigenvalue weighted by molar-refractivity contribution is 0.196. The second kappa shape index (κ2) is 1.40. The zero-order valence-electron chi connectivity index (χ0n) is 5.42. The maximum absolute atomic E-state index is 10.8. The summed E-state index contributed by atoms with van der Waals surface area (Å²) in [5, 5.41) is 2.89. The lowest BCUT2D eigenvalue weighted by Crippen LogP contribution is -2.43. The highest BCUT2D eigenvalue weighted by atomic mass is 16.2. The molecule has 0 unspecified atom stereocenters. The summed E-state index contributed by atoms with van der Waals surface area (Å²) in [5.74, 6) is 0. The maximum Gasteiger partial charge on any atom is 0.317 e. The van der Waals surface area contributed by atoms with Crippen molar-refractivity contribution in [2.75, 3.05) is 7.05 Å². The van der Waals surface area contributed by atoms with Gasteiger partial charge in [0.2, 0.25) is 0 Å². The SMILES string of the molecule is CN1C(=O)N[C@@H]2CC[C@@H]21. The van der Waals surface area contributed by atoms with Crippen molar-refractivity contribution >= 4 is 6.03 Å². The number of carbonyl (C=O) groups excluding carboxylic acids is 1. The van der Waals surface area contributed by atoms with E-state index in [9.17, 15) is 4.79 Å². The van der Waals surface area contributed by atoms with E-state index in [4.69, 9.17) is 0 Å². The van der Waals surface area contributed by atoms with E-state index in [-0.39, 0.29) is 6.03 Å². The van der Waals surface area contributed by atoms with E-state index in [0.29, 0.717) is 12.1 Å². The normalized spacial score (nSPS) is 39.7.